The lowest BCUT2D eigenvalue weighted by atomic mass is 9.80. The topological polar surface area (TPSA) is 18.5 Å². The van der Waals surface area contributed by atoms with Crippen molar-refractivity contribution in [1.82, 2.24) is 0 Å². The fraction of sp³-hybridized carbons (Fsp3) is 0.143. The van der Waals surface area contributed by atoms with Gasteiger partial charge >= 0.3 is 7.12 Å². The number of hydrogen-bond acceptors (Lipinski definition) is 3. The Labute approximate surface area is 153 Å². The maximum absolute atomic E-state index is 6.09. The lowest BCUT2D eigenvalue weighted by Crippen LogP contribution is -2.38. The van der Waals surface area contributed by atoms with Gasteiger partial charge in [-0.25, -0.2) is 0 Å². The first-order valence-corrected chi connectivity index (χ1v) is 9.35. The van der Waals surface area contributed by atoms with Crippen molar-refractivity contribution < 1.29 is 9.31 Å². The fourth-order valence-corrected chi connectivity index (χ4v) is 4.04. The van der Waals surface area contributed by atoms with E-state index in [1.54, 1.807) is 0 Å². The average molecular weight is 346 g/mol. The van der Waals surface area contributed by atoms with Gasteiger partial charge in [0, 0.05) is 4.90 Å². The lowest BCUT2D eigenvalue weighted by Gasteiger charge is -2.18. The summed E-state index contributed by atoms with van der Waals surface area (Å²) in [4.78, 5) is 1.23. The number of benzene rings is 3. The standard InChI is InChI=1S/C21H19BO2S/c1-16-11-13-18(14-12-16)25-21(15-17-7-3-2-4-8-17)22-23-19-9-5-6-10-20(19)24-22/h2-14,21H,15H2,1H3. The van der Waals surface area contributed by atoms with Gasteiger partial charge in [-0.05, 0) is 43.2 Å². The number of para-hydroxylation sites is 2. The Morgan fingerprint density at radius 2 is 1.40 bits per heavy atom. The zero-order valence-corrected chi connectivity index (χ0v) is 14.9. The van der Waals surface area contributed by atoms with Crippen LogP contribution in [0.4, 0.5) is 0 Å². The zero-order chi connectivity index (χ0) is 17.1. The van der Waals surface area contributed by atoms with Gasteiger partial charge in [0.2, 0.25) is 0 Å². The van der Waals surface area contributed by atoms with Crippen LogP contribution in [-0.2, 0) is 6.42 Å². The van der Waals surface area contributed by atoms with Crippen LogP contribution in [0.2, 0.25) is 0 Å². The second-order valence-electron chi connectivity index (χ2n) is 6.21. The number of hydrogen-bond donors (Lipinski definition) is 0. The van der Waals surface area contributed by atoms with Crippen molar-refractivity contribution in [2.24, 2.45) is 0 Å². The van der Waals surface area contributed by atoms with Gasteiger partial charge in [-0.15, -0.1) is 11.8 Å². The Morgan fingerprint density at radius 3 is 2.04 bits per heavy atom. The summed E-state index contributed by atoms with van der Waals surface area (Å²) in [5.74, 6) is 1.66. The van der Waals surface area contributed by atoms with E-state index in [0.717, 1.165) is 17.9 Å². The Bertz CT molecular complexity index is 811. The molecule has 1 unspecified atom stereocenters. The molecule has 1 atom stereocenters. The minimum absolute atomic E-state index is 0.164. The fourth-order valence-electron chi connectivity index (χ4n) is 2.90. The van der Waals surface area contributed by atoms with Gasteiger partial charge in [-0.3, -0.25) is 0 Å². The number of rotatable bonds is 5. The highest BCUT2D eigenvalue weighted by atomic mass is 32.2. The largest absolute Gasteiger partial charge is 0.609 e. The van der Waals surface area contributed by atoms with E-state index in [1.807, 2.05) is 42.1 Å². The zero-order valence-electron chi connectivity index (χ0n) is 14.1. The van der Waals surface area contributed by atoms with Gasteiger partial charge < -0.3 is 9.31 Å². The SMILES string of the molecule is Cc1ccc(SC(Cc2ccccc2)B2Oc3ccccc3O2)cc1. The third-order valence-corrected chi connectivity index (χ3v) is 5.46. The number of aryl methyl sites for hydroxylation is 1. The smallest absolute Gasteiger partial charge is 0.522 e. The van der Waals surface area contributed by atoms with Crippen molar-refractivity contribution in [3.05, 3.63) is 90.0 Å². The third kappa shape index (κ3) is 3.85. The normalized spacial score (nSPS) is 13.7. The van der Waals surface area contributed by atoms with E-state index in [-0.39, 0.29) is 12.3 Å². The summed E-state index contributed by atoms with van der Waals surface area (Å²) in [7, 11) is -0.288. The second kappa shape index (κ2) is 7.28. The molecule has 0 aromatic heterocycles. The second-order valence-corrected chi connectivity index (χ2v) is 7.52. The molecule has 0 amide bonds. The average Bonchev–Trinajstić information content (AvgIpc) is 3.08. The Balaban J connectivity index is 1.56. The molecule has 3 aromatic rings. The highest BCUT2D eigenvalue weighted by molar-refractivity contribution is 8.01. The van der Waals surface area contributed by atoms with Gasteiger partial charge in [-0.2, -0.15) is 0 Å². The van der Waals surface area contributed by atoms with Crippen molar-refractivity contribution in [2.45, 2.75) is 23.4 Å². The molecule has 0 radical (unpaired) electrons. The van der Waals surface area contributed by atoms with Crippen LogP contribution < -0.4 is 9.31 Å². The summed E-state index contributed by atoms with van der Waals surface area (Å²) in [6.45, 7) is 2.11. The quantitative estimate of drug-likeness (QED) is 0.467. The third-order valence-electron chi connectivity index (χ3n) is 4.23. The van der Waals surface area contributed by atoms with E-state index in [9.17, 15) is 0 Å². The number of fused-ring (bicyclic) bond motifs is 1. The van der Waals surface area contributed by atoms with Crippen LogP contribution in [-0.4, -0.2) is 12.3 Å². The van der Waals surface area contributed by atoms with Gasteiger partial charge in [-0.1, -0.05) is 60.2 Å². The molecule has 1 aliphatic rings. The van der Waals surface area contributed by atoms with Crippen molar-refractivity contribution in [3.8, 4) is 11.5 Å². The maximum atomic E-state index is 6.09. The van der Waals surface area contributed by atoms with Crippen molar-refractivity contribution in [1.29, 1.82) is 0 Å². The molecule has 2 nitrogen and oxygen atoms in total. The molecule has 1 aliphatic heterocycles. The Kier molecular flexibility index (Phi) is 4.71. The molecular formula is C21H19BO2S. The molecule has 0 saturated heterocycles. The summed E-state index contributed by atoms with van der Waals surface area (Å²) in [6.07, 6.45) is 0.887. The molecular weight excluding hydrogens is 327 g/mol. The first-order valence-electron chi connectivity index (χ1n) is 8.47. The molecule has 4 rings (SSSR count). The molecule has 1 heterocycles. The summed E-state index contributed by atoms with van der Waals surface area (Å²) in [5.41, 5.74) is 2.56. The predicted octanol–water partition coefficient (Wildman–Crippen LogP) is 5.20. The van der Waals surface area contributed by atoms with Gasteiger partial charge in [0.25, 0.3) is 0 Å². The van der Waals surface area contributed by atoms with E-state index < -0.39 is 0 Å². The van der Waals surface area contributed by atoms with Crippen LogP contribution in [0, 0.1) is 6.92 Å². The van der Waals surface area contributed by atoms with Gasteiger partial charge in [0.15, 0.2) is 0 Å². The maximum Gasteiger partial charge on any atom is 0.609 e. The molecule has 0 N–H and O–H groups in total. The minimum atomic E-state index is -0.288. The molecule has 0 saturated carbocycles. The summed E-state index contributed by atoms with van der Waals surface area (Å²) < 4.78 is 12.2. The molecule has 0 fully saturated rings. The van der Waals surface area contributed by atoms with Crippen molar-refractivity contribution in [2.75, 3.05) is 0 Å². The van der Waals surface area contributed by atoms with Crippen LogP contribution in [0.5, 0.6) is 11.5 Å². The molecule has 25 heavy (non-hydrogen) atoms. The van der Waals surface area contributed by atoms with Crippen LogP contribution >= 0.6 is 11.8 Å². The predicted molar refractivity (Wildman–Crippen MR) is 104 cm³/mol. The molecule has 124 valence electrons. The highest BCUT2D eigenvalue weighted by Gasteiger charge is 2.40. The van der Waals surface area contributed by atoms with Crippen LogP contribution in [0.3, 0.4) is 0 Å². The molecule has 0 bridgehead atoms. The molecule has 0 aliphatic carbocycles. The first kappa shape index (κ1) is 16.2. The lowest BCUT2D eigenvalue weighted by molar-refractivity contribution is 0.492. The van der Waals surface area contributed by atoms with Gasteiger partial charge in [0.1, 0.15) is 11.5 Å². The summed E-state index contributed by atoms with van der Waals surface area (Å²) >= 11 is 1.81. The summed E-state index contributed by atoms with van der Waals surface area (Å²) in [6, 6.07) is 27.0. The van der Waals surface area contributed by atoms with E-state index in [0.29, 0.717) is 0 Å². The van der Waals surface area contributed by atoms with Crippen molar-refractivity contribution in [3.63, 3.8) is 0 Å². The van der Waals surface area contributed by atoms with E-state index in [1.165, 1.54) is 16.0 Å². The van der Waals surface area contributed by atoms with Gasteiger partial charge in [0.05, 0.1) is 5.15 Å². The Morgan fingerprint density at radius 1 is 0.800 bits per heavy atom. The van der Waals surface area contributed by atoms with Crippen LogP contribution in [0.1, 0.15) is 11.1 Å². The molecule has 4 heteroatoms. The molecule has 3 aromatic carbocycles. The summed E-state index contributed by atoms with van der Waals surface area (Å²) in [5, 5.41) is 0.164. The van der Waals surface area contributed by atoms with Crippen LogP contribution in [0.25, 0.3) is 0 Å². The first-order chi connectivity index (χ1) is 12.3. The van der Waals surface area contributed by atoms with Crippen LogP contribution in [0.15, 0.2) is 83.8 Å². The van der Waals surface area contributed by atoms with E-state index in [4.69, 9.17) is 9.31 Å². The minimum Gasteiger partial charge on any atom is -0.522 e. The van der Waals surface area contributed by atoms with E-state index in [2.05, 4.69) is 55.5 Å². The molecule has 0 spiro atoms. The number of thioether (sulfide) groups is 1. The monoisotopic (exact) mass is 346 g/mol. The van der Waals surface area contributed by atoms with E-state index >= 15 is 0 Å². The van der Waals surface area contributed by atoms with Crippen molar-refractivity contribution >= 4 is 18.9 Å². The Hall–Kier alpha value is -2.33. The highest BCUT2D eigenvalue weighted by Crippen LogP contribution is 2.37.